The van der Waals surface area contributed by atoms with Crippen molar-refractivity contribution in [1.29, 1.82) is 0 Å². The first-order valence-electron chi connectivity index (χ1n) is 7.39. The van der Waals surface area contributed by atoms with Gasteiger partial charge in [0.15, 0.2) is 0 Å². The highest BCUT2D eigenvalue weighted by atomic mass is 15.2. The van der Waals surface area contributed by atoms with Crippen molar-refractivity contribution in [2.24, 2.45) is 5.92 Å². The van der Waals surface area contributed by atoms with Crippen molar-refractivity contribution in [3.63, 3.8) is 0 Å². The second-order valence-electron chi connectivity index (χ2n) is 5.93. The predicted octanol–water partition coefficient (Wildman–Crippen LogP) is 3.67. The molecule has 2 heteroatoms. The summed E-state index contributed by atoms with van der Waals surface area (Å²) in [5.74, 6) is 0.808. The van der Waals surface area contributed by atoms with Crippen LogP contribution in [0.4, 0.5) is 11.4 Å². The third-order valence-corrected chi connectivity index (χ3v) is 4.74. The zero-order chi connectivity index (χ0) is 12.5. The van der Waals surface area contributed by atoms with Gasteiger partial charge in [-0.2, -0.15) is 0 Å². The van der Waals surface area contributed by atoms with Crippen molar-refractivity contribution < 1.29 is 0 Å². The molecule has 98 valence electrons. The van der Waals surface area contributed by atoms with E-state index in [1.807, 2.05) is 0 Å². The Morgan fingerprint density at radius 2 is 2.11 bits per heavy atom. The van der Waals surface area contributed by atoms with E-state index < -0.39 is 0 Å². The van der Waals surface area contributed by atoms with Gasteiger partial charge in [-0.25, -0.2) is 0 Å². The maximum atomic E-state index is 3.54. The molecule has 1 saturated heterocycles. The largest absolute Gasteiger partial charge is 0.385 e. The molecule has 0 radical (unpaired) electrons. The van der Waals surface area contributed by atoms with Gasteiger partial charge in [-0.3, -0.25) is 0 Å². The summed E-state index contributed by atoms with van der Waals surface area (Å²) in [6.07, 6.45) is 5.20. The topological polar surface area (TPSA) is 15.3 Å². The van der Waals surface area contributed by atoms with E-state index in [0.29, 0.717) is 6.04 Å². The van der Waals surface area contributed by atoms with Gasteiger partial charge in [-0.15, -0.1) is 0 Å². The number of rotatable bonds is 1. The van der Waals surface area contributed by atoms with Crippen LogP contribution in [0.2, 0.25) is 0 Å². The van der Waals surface area contributed by atoms with Crippen LogP contribution in [0, 0.1) is 5.92 Å². The van der Waals surface area contributed by atoms with Crippen LogP contribution in [0.15, 0.2) is 18.2 Å². The molecule has 2 aliphatic rings. The maximum Gasteiger partial charge on any atom is 0.0393 e. The van der Waals surface area contributed by atoms with Crippen molar-refractivity contribution in [3.05, 3.63) is 23.8 Å². The molecule has 0 amide bonds. The third-order valence-electron chi connectivity index (χ3n) is 4.74. The lowest BCUT2D eigenvalue weighted by Crippen LogP contribution is -2.42. The van der Waals surface area contributed by atoms with E-state index in [1.165, 1.54) is 49.2 Å². The Bertz CT molecular complexity index is 427. The minimum atomic E-state index is 0.667. The first kappa shape index (κ1) is 11.9. The number of fused-ring (bicyclic) bond motifs is 1. The fraction of sp³-hybridized carbons (Fsp3) is 0.625. The highest BCUT2D eigenvalue weighted by molar-refractivity contribution is 5.64. The molecule has 18 heavy (non-hydrogen) atoms. The number of piperidine rings is 1. The van der Waals surface area contributed by atoms with Crippen LogP contribution in [0.5, 0.6) is 0 Å². The van der Waals surface area contributed by atoms with Crippen LogP contribution in [-0.4, -0.2) is 19.1 Å². The molecule has 2 aliphatic heterocycles. The van der Waals surface area contributed by atoms with Crippen molar-refractivity contribution in [2.75, 3.05) is 23.3 Å². The molecule has 1 fully saturated rings. The molecule has 1 N–H and O–H groups in total. The monoisotopic (exact) mass is 244 g/mol. The highest BCUT2D eigenvalue weighted by Gasteiger charge is 2.25. The van der Waals surface area contributed by atoms with Crippen LogP contribution in [0.1, 0.15) is 38.7 Å². The second kappa shape index (κ2) is 4.83. The molecular formula is C16H24N2. The Morgan fingerprint density at radius 1 is 1.22 bits per heavy atom. The summed E-state index contributed by atoms with van der Waals surface area (Å²) in [6.45, 7) is 7.09. The molecular weight excluding hydrogens is 220 g/mol. The van der Waals surface area contributed by atoms with Crippen LogP contribution >= 0.6 is 0 Å². The standard InChI is InChI=1S/C16H24N2/c1-12-5-4-10-18(13(12)2)15-8-7-14-6-3-9-17-16(14)11-15/h7-8,11-13,17H,3-6,9-10H2,1-2H3. The summed E-state index contributed by atoms with van der Waals surface area (Å²) < 4.78 is 0. The van der Waals surface area contributed by atoms with Gasteiger partial charge >= 0.3 is 0 Å². The van der Waals surface area contributed by atoms with E-state index in [9.17, 15) is 0 Å². The van der Waals surface area contributed by atoms with Gasteiger partial charge in [-0.05, 0) is 56.2 Å². The van der Waals surface area contributed by atoms with Gasteiger partial charge in [0.1, 0.15) is 0 Å². The van der Waals surface area contributed by atoms with Gasteiger partial charge < -0.3 is 10.2 Å². The SMILES string of the molecule is CC1CCCN(c2ccc3c(c2)NCCC3)C1C. The molecule has 1 aromatic carbocycles. The Morgan fingerprint density at radius 3 is 3.00 bits per heavy atom. The lowest BCUT2D eigenvalue weighted by atomic mass is 9.91. The fourth-order valence-corrected chi connectivity index (χ4v) is 3.33. The molecule has 0 spiro atoms. The average molecular weight is 244 g/mol. The quantitative estimate of drug-likeness (QED) is 0.811. The smallest absolute Gasteiger partial charge is 0.0393 e. The fourth-order valence-electron chi connectivity index (χ4n) is 3.33. The van der Waals surface area contributed by atoms with Crippen LogP contribution in [0.3, 0.4) is 0 Å². The molecule has 2 atom stereocenters. The summed E-state index contributed by atoms with van der Waals surface area (Å²) in [7, 11) is 0. The maximum absolute atomic E-state index is 3.54. The Hall–Kier alpha value is -1.18. The summed E-state index contributed by atoms with van der Waals surface area (Å²) in [6, 6.07) is 7.67. The molecule has 0 aliphatic carbocycles. The van der Waals surface area contributed by atoms with Crippen LogP contribution in [-0.2, 0) is 6.42 Å². The molecule has 0 bridgehead atoms. The normalized spacial score (nSPS) is 27.6. The van der Waals surface area contributed by atoms with Gasteiger partial charge in [0, 0.05) is 30.5 Å². The van der Waals surface area contributed by atoms with Crippen molar-refractivity contribution >= 4 is 11.4 Å². The molecule has 3 rings (SSSR count). The minimum Gasteiger partial charge on any atom is -0.385 e. The zero-order valence-electron chi connectivity index (χ0n) is 11.6. The minimum absolute atomic E-state index is 0.667. The van der Waals surface area contributed by atoms with E-state index in [2.05, 4.69) is 42.3 Å². The van der Waals surface area contributed by atoms with Gasteiger partial charge in [0.25, 0.3) is 0 Å². The molecule has 0 saturated carbocycles. The van der Waals surface area contributed by atoms with E-state index in [-0.39, 0.29) is 0 Å². The highest BCUT2D eigenvalue weighted by Crippen LogP contribution is 2.32. The number of anilines is 2. The lowest BCUT2D eigenvalue weighted by Gasteiger charge is -2.40. The van der Waals surface area contributed by atoms with E-state index >= 15 is 0 Å². The summed E-state index contributed by atoms with van der Waals surface area (Å²) in [5, 5.41) is 3.54. The summed E-state index contributed by atoms with van der Waals surface area (Å²) in [5.41, 5.74) is 4.26. The van der Waals surface area contributed by atoms with Crippen molar-refractivity contribution in [1.82, 2.24) is 0 Å². The van der Waals surface area contributed by atoms with Gasteiger partial charge in [0.2, 0.25) is 0 Å². The van der Waals surface area contributed by atoms with Gasteiger partial charge in [0.05, 0.1) is 0 Å². The molecule has 1 aromatic rings. The van der Waals surface area contributed by atoms with Crippen molar-refractivity contribution in [3.8, 4) is 0 Å². The number of nitrogens with one attached hydrogen (secondary N) is 1. The van der Waals surface area contributed by atoms with Crippen LogP contribution < -0.4 is 10.2 Å². The Balaban J connectivity index is 1.87. The Labute approximate surface area is 110 Å². The first-order chi connectivity index (χ1) is 8.75. The second-order valence-corrected chi connectivity index (χ2v) is 5.93. The zero-order valence-corrected chi connectivity index (χ0v) is 11.6. The molecule has 2 unspecified atom stereocenters. The molecule has 2 nitrogen and oxygen atoms in total. The first-order valence-corrected chi connectivity index (χ1v) is 7.39. The van der Waals surface area contributed by atoms with E-state index in [0.717, 1.165) is 12.5 Å². The Kier molecular flexibility index (Phi) is 3.19. The number of aryl methyl sites for hydroxylation is 1. The number of benzene rings is 1. The molecule has 0 aromatic heterocycles. The third kappa shape index (κ3) is 2.09. The van der Waals surface area contributed by atoms with E-state index in [1.54, 1.807) is 0 Å². The summed E-state index contributed by atoms with van der Waals surface area (Å²) in [4.78, 5) is 2.59. The average Bonchev–Trinajstić information content (AvgIpc) is 2.41. The van der Waals surface area contributed by atoms with Crippen molar-refractivity contribution in [2.45, 2.75) is 45.6 Å². The number of hydrogen-bond donors (Lipinski definition) is 1. The lowest BCUT2D eigenvalue weighted by molar-refractivity contribution is 0.363. The van der Waals surface area contributed by atoms with E-state index in [4.69, 9.17) is 0 Å². The van der Waals surface area contributed by atoms with Crippen LogP contribution in [0.25, 0.3) is 0 Å². The predicted molar refractivity (Wildman–Crippen MR) is 78.5 cm³/mol. The van der Waals surface area contributed by atoms with Gasteiger partial charge in [-0.1, -0.05) is 13.0 Å². The number of nitrogens with zero attached hydrogens (tertiary/aromatic N) is 1. The summed E-state index contributed by atoms with van der Waals surface area (Å²) >= 11 is 0. The molecule has 2 heterocycles. The number of hydrogen-bond acceptors (Lipinski definition) is 2.